The first-order chi connectivity index (χ1) is 9.38. The maximum Gasteiger partial charge on any atom is 0.242 e. The molecule has 7 nitrogen and oxygen atoms in total. The highest BCUT2D eigenvalue weighted by Gasteiger charge is 2.33. The number of aryl methyl sites for hydroxylation is 2. The summed E-state index contributed by atoms with van der Waals surface area (Å²) in [6, 6.07) is 1.26. The van der Waals surface area contributed by atoms with E-state index in [0.717, 1.165) is 11.4 Å². The summed E-state index contributed by atoms with van der Waals surface area (Å²) in [5.74, 6) is -0.0685. The molecule has 1 aromatic heterocycles. The highest BCUT2D eigenvalue weighted by molar-refractivity contribution is 5.86. The zero-order valence-electron chi connectivity index (χ0n) is 12.0. The summed E-state index contributed by atoms with van der Waals surface area (Å²) in [5, 5.41) is 0. The Labute approximate surface area is 117 Å². The molecule has 1 atom stereocenters. The minimum Gasteiger partial charge on any atom is -0.368 e. The summed E-state index contributed by atoms with van der Waals surface area (Å²) in [7, 11) is 0. The van der Waals surface area contributed by atoms with Gasteiger partial charge in [-0.3, -0.25) is 9.59 Å². The number of nitrogens with two attached hydrogens (primary N) is 1. The molecule has 1 fully saturated rings. The maximum absolute atomic E-state index is 11.5. The number of hydrogen-bond donors (Lipinski definition) is 1. The van der Waals surface area contributed by atoms with Gasteiger partial charge in [-0.2, -0.15) is 0 Å². The summed E-state index contributed by atoms with van der Waals surface area (Å²) < 4.78 is 0. The van der Waals surface area contributed by atoms with Gasteiger partial charge in [-0.15, -0.1) is 0 Å². The van der Waals surface area contributed by atoms with Crippen LogP contribution in [-0.4, -0.2) is 52.4 Å². The average molecular weight is 277 g/mol. The summed E-state index contributed by atoms with van der Waals surface area (Å²) in [4.78, 5) is 35.2. The molecule has 1 aromatic rings. The van der Waals surface area contributed by atoms with Gasteiger partial charge >= 0.3 is 0 Å². The second-order valence-corrected chi connectivity index (χ2v) is 5.03. The van der Waals surface area contributed by atoms with E-state index in [9.17, 15) is 9.59 Å². The van der Waals surface area contributed by atoms with Gasteiger partial charge in [0.05, 0.1) is 6.54 Å². The van der Waals surface area contributed by atoms with Crippen molar-refractivity contribution in [2.75, 3.05) is 24.5 Å². The lowest BCUT2D eigenvalue weighted by molar-refractivity contribution is -0.138. The lowest BCUT2D eigenvalue weighted by Gasteiger charge is -2.39. The number of piperazine rings is 1. The van der Waals surface area contributed by atoms with E-state index < -0.39 is 11.9 Å². The Kier molecular flexibility index (Phi) is 3.87. The number of aromatic nitrogens is 2. The Morgan fingerprint density at radius 3 is 2.35 bits per heavy atom. The molecule has 0 saturated carbocycles. The van der Waals surface area contributed by atoms with Gasteiger partial charge in [-0.1, -0.05) is 0 Å². The van der Waals surface area contributed by atoms with E-state index in [0.29, 0.717) is 25.6 Å². The van der Waals surface area contributed by atoms with Crippen LogP contribution >= 0.6 is 0 Å². The second kappa shape index (κ2) is 5.44. The van der Waals surface area contributed by atoms with Gasteiger partial charge in [0.1, 0.15) is 6.04 Å². The van der Waals surface area contributed by atoms with Crippen molar-refractivity contribution in [3.63, 3.8) is 0 Å². The van der Waals surface area contributed by atoms with Gasteiger partial charge in [-0.25, -0.2) is 9.97 Å². The zero-order valence-corrected chi connectivity index (χ0v) is 12.0. The molecule has 0 radical (unpaired) electrons. The molecule has 0 unspecified atom stereocenters. The van der Waals surface area contributed by atoms with Gasteiger partial charge in [0, 0.05) is 31.4 Å². The molecule has 2 rings (SSSR count). The molecule has 0 aromatic carbocycles. The number of amides is 2. The number of nitrogens with zero attached hydrogens (tertiary/aromatic N) is 4. The predicted molar refractivity (Wildman–Crippen MR) is 74.1 cm³/mol. The van der Waals surface area contributed by atoms with Crippen molar-refractivity contribution in [3.05, 3.63) is 17.5 Å². The van der Waals surface area contributed by atoms with Gasteiger partial charge < -0.3 is 15.5 Å². The molecule has 2 heterocycles. The number of primary amides is 1. The van der Waals surface area contributed by atoms with Gasteiger partial charge in [0.2, 0.25) is 17.8 Å². The third-order valence-corrected chi connectivity index (χ3v) is 3.37. The summed E-state index contributed by atoms with van der Waals surface area (Å²) in [6.45, 7) is 6.60. The van der Waals surface area contributed by atoms with Crippen molar-refractivity contribution in [3.8, 4) is 0 Å². The molecule has 1 aliphatic heterocycles. The van der Waals surface area contributed by atoms with Crippen molar-refractivity contribution >= 4 is 17.8 Å². The SMILES string of the molecule is CC(=O)N1CCN(c2nc(C)cc(C)n2)C[C@@H]1C(N)=O. The Bertz CT molecular complexity index is 525. The first-order valence-electron chi connectivity index (χ1n) is 6.52. The van der Waals surface area contributed by atoms with E-state index in [4.69, 9.17) is 5.73 Å². The van der Waals surface area contributed by atoms with Crippen LogP contribution in [0, 0.1) is 13.8 Å². The molecule has 0 spiro atoms. The van der Waals surface area contributed by atoms with E-state index in [-0.39, 0.29) is 5.91 Å². The van der Waals surface area contributed by atoms with Crippen molar-refractivity contribution in [1.29, 1.82) is 0 Å². The molecule has 2 N–H and O–H groups in total. The molecule has 2 amide bonds. The van der Waals surface area contributed by atoms with E-state index in [2.05, 4.69) is 9.97 Å². The highest BCUT2D eigenvalue weighted by Crippen LogP contribution is 2.16. The van der Waals surface area contributed by atoms with Gasteiger partial charge in [-0.05, 0) is 19.9 Å². The Morgan fingerprint density at radius 1 is 1.25 bits per heavy atom. The number of anilines is 1. The topological polar surface area (TPSA) is 92.4 Å². The van der Waals surface area contributed by atoms with Crippen molar-refractivity contribution in [2.45, 2.75) is 26.8 Å². The lowest BCUT2D eigenvalue weighted by Crippen LogP contribution is -2.59. The summed E-state index contributed by atoms with van der Waals surface area (Å²) in [5.41, 5.74) is 7.14. The molecule has 0 bridgehead atoms. The molecule has 1 aliphatic rings. The molecular formula is C13H19N5O2. The standard InChI is InChI=1S/C13H19N5O2/c1-8-6-9(2)16-13(15-8)17-4-5-18(10(3)19)11(7-17)12(14)20/h6,11H,4-5,7H2,1-3H3,(H2,14,20)/t11-/m1/s1. The first-order valence-corrected chi connectivity index (χ1v) is 6.52. The predicted octanol–water partition coefficient (Wildman–Crippen LogP) is -0.384. The van der Waals surface area contributed by atoms with Crippen LogP contribution in [0.5, 0.6) is 0 Å². The van der Waals surface area contributed by atoms with Crippen LogP contribution in [-0.2, 0) is 9.59 Å². The van der Waals surface area contributed by atoms with Gasteiger partial charge in [0.15, 0.2) is 0 Å². The van der Waals surface area contributed by atoms with Crippen molar-refractivity contribution in [2.24, 2.45) is 5.73 Å². The fraction of sp³-hybridized carbons (Fsp3) is 0.538. The normalized spacial score (nSPS) is 19.1. The second-order valence-electron chi connectivity index (χ2n) is 5.03. The Hall–Kier alpha value is -2.18. The van der Waals surface area contributed by atoms with Crippen LogP contribution in [0.15, 0.2) is 6.07 Å². The number of carbonyl (C=O) groups is 2. The largest absolute Gasteiger partial charge is 0.368 e. The molecule has 108 valence electrons. The highest BCUT2D eigenvalue weighted by atomic mass is 16.2. The van der Waals surface area contributed by atoms with Crippen LogP contribution in [0.4, 0.5) is 5.95 Å². The lowest BCUT2D eigenvalue weighted by atomic mass is 10.1. The minimum absolute atomic E-state index is 0.144. The fourth-order valence-corrected chi connectivity index (χ4v) is 2.43. The van der Waals surface area contributed by atoms with Crippen molar-refractivity contribution < 1.29 is 9.59 Å². The Balaban J connectivity index is 2.24. The third kappa shape index (κ3) is 2.87. The van der Waals surface area contributed by atoms with E-state index in [1.54, 1.807) is 0 Å². The fourth-order valence-electron chi connectivity index (χ4n) is 2.43. The maximum atomic E-state index is 11.5. The van der Waals surface area contributed by atoms with Crippen LogP contribution in [0.3, 0.4) is 0 Å². The van der Waals surface area contributed by atoms with Crippen LogP contribution in [0.25, 0.3) is 0 Å². The minimum atomic E-state index is -0.634. The molecule has 20 heavy (non-hydrogen) atoms. The molecule has 7 heteroatoms. The Morgan fingerprint density at radius 2 is 1.85 bits per heavy atom. The van der Waals surface area contributed by atoms with Crippen LogP contribution < -0.4 is 10.6 Å². The molecular weight excluding hydrogens is 258 g/mol. The molecule has 0 aliphatic carbocycles. The third-order valence-electron chi connectivity index (χ3n) is 3.37. The monoisotopic (exact) mass is 277 g/mol. The zero-order chi connectivity index (χ0) is 14.9. The van der Waals surface area contributed by atoms with Crippen LogP contribution in [0.2, 0.25) is 0 Å². The van der Waals surface area contributed by atoms with Gasteiger partial charge in [0.25, 0.3) is 0 Å². The van der Waals surface area contributed by atoms with E-state index in [1.165, 1.54) is 11.8 Å². The quantitative estimate of drug-likeness (QED) is 0.795. The smallest absolute Gasteiger partial charge is 0.242 e. The van der Waals surface area contributed by atoms with E-state index >= 15 is 0 Å². The average Bonchev–Trinajstić information content (AvgIpc) is 2.36. The van der Waals surface area contributed by atoms with Crippen LogP contribution in [0.1, 0.15) is 18.3 Å². The summed E-state index contributed by atoms with van der Waals surface area (Å²) in [6.07, 6.45) is 0. The summed E-state index contributed by atoms with van der Waals surface area (Å²) >= 11 is 0. The first kappa shape index (κ1) is 14.2. The van der Waals surface area contributed by atoms with E-state index in [1.807, 2.05) is 24.8 Å². The number of rotatable bonds is 2. The number of hydrogen-bond acceptors (Lipinski definition) is 5. The number of carbonyl (C=O) groups excluding carboxylic acids is 2. The van der Waals surface area contributed by atoms with Crippen molar-refractivity contribution in [1.82, 2.24) is 14.9 Å². The molecule has 1 saturated heterocycles.